The smallest absolute Gasteiger partial charge is 0.342 e. The molecule has 2 heterocycles. The first kappa shape index (κ1) is 36.2. The quantitative estimate of drug-likeness (QED) is 0.0806. The van der Waals surface area contributed by atoms with Gasteiger partial charge in [-0.15, -0.1) is 15.3 Å². The van der Waals surface area contributed by atoms with Crippen LogP contribution in [0.1, 0.15) is 59.3 Å². The number of carbonyl (C=O) groups excluding carboxylic acids is 1. The minimum absolute atomic E-state index is 0.139. The van der Waals surface area contributed by atoms with Gasteiger partial charge in [0.2, 0.25) is 0 Å². The zero-order chi connectivity index (χ0) is 37.3. The summed E-state index contributed by atoms with van der Waals surface area (Å²) in [5.41, 5.74) is 6.43. The minimum Gasteiger partial charge on any atom is -0.462 e. The molecule has 0 radical (unpaired) electrons. The first-order valence-electron chi connectivity index (χ1n) is 18.1. The number of tetrazole rings is 1. The van der Waals surface area contributed by atoms with Gasteiger partial charge in [0.15, 0.2) is 16.8 Å². The number of ether oxygens (including phenoxy) is 1. The number of aromatic nitrogens is 6. The Morgan fingerprint density at radius 3 is 1.87 bits per heavy atom. The van der Waals surface area contributed by atoms with Crippen molar-refractivity contribution in [3.05, 3.63) is 179 Å². The average Bonchev–Trinajstić information content (AvgIpc) is 3.71. The van der Waals surface area contributed by atoms with E-state index in [1.807, 2.05) is 35.0 Å². The van der Waals surface area contributed by atoms with Crippen molar-refractivity contribution in [3.8, 4) is 22.5 Å². The van der Waals surface area contributed by atoms with Gasteiger partial charge in [0.25, 0.3) is 0 Å². The van der Waals surface area contributed by atoms with E-state index in [-0.39, 0.29) is 11.8 Å². The standard InChI is InChI=1S/C44H40ClN7O2/c1-3-5-29-51(41-39(43(53)54-4-2)30-40(45)46-47-41)31-32-25-27-33(28-26-32)37-23-15-16-24-38(37)42-48-49-50-52(42)44(34-17-9-6-10-18-34,35-19-11-7-12-20-35)36-21-13-8-14-22-36/h6-28,30H,3-5,29,31H2,1-2H3. The monoisotopic (exact) mass is 733 g/mol. The maximum atomic E-state index is 12.9. The fourth-order valence-electron chi connectivity index (χ4n) is 6.99. The molecule has 0 amide bonds. The fourth-order valence-corrected chi connectivity index (χ4v) is 7.14. The van der Waals surface area contributed by atoms with Crippen LogP contribution in [-0.2, 0) is 16.8 Å². The lowest BCUT2D eigenvalue weighted by Crippen LogP contribution is -2.39. The number of unbranched alkanes of at least 4 members (excludes halogenated alkanes) is 1. The van der Waals surface area contributed by atoms with E-state index in [9.17, 15) is 4.79 Å². The number of esters is 1. The molecule has 54 heavy (non-hydrogen) atoms. The SMILES string of the molecule is CCCCN(Cc1ccc(-c2ccccc2-c2nnnn2C(c2ccccc2)(c2ccccc2)c2ccccc2)cc1)c1nnc(Cl)cc1C(=O)OCC. The fraction of sp³-hybridized carbons (Fsp3) is 0.182. The molecule has 0 bridgehead atoms. The summed E-state index contributed by atoms with van der Waals surface area (Å²) in [6, 6.07) is 49.3. The van der Waals surface area contributed by atoms with E-state index in [2.05, 4.69) is 136 Å². The summed E-state index contributed by atoms with van der Waals surface area (Å²) in [5.74, 6) is 0.604. The summed E-state index contributed by atoms with van der Waals surface area (Å²) in [5, 5.41) is 22.4. The molecule has 7 aromatic rings. The van der Waals surface area contributed by atoms with Crippen molar-refractivity contribution in [1.82, 2.24) is 30.4 Å². The number of nitrogens with zero attached hydrogens (tertiary/aromatic N) is 7. The number of benzene rings is 5. The second-order valence-electron chi connectivity index (χ2n) is 12.9. The summed E-state index contributed by atoms with van der Waals surface area (Å²) in [7, 11) is 0. The van der Waals surface area contributed by atoms with E-state index >= 15 is 0 Å². The molecule has 0 atom stereocenters. The van der Waals surface area contributed by atoms with Crippen LogP contribution in [-0.4, -0.2) is 49.5 Å². The zero-order valence-electron chi connectivity index (χ0n) is 30.2. The van der Waals surface area contributed by atoms with Crippen LogP contribution in [0.5, 0.6) is 0 Å². The van der Waals surface area contributed by atoms with E-state index in [1.54, 1.807) is 6.92 Å². The highest BCUT2D eigenvalue weighted by molar-refractivity contribution is 6.29. The normalized spacial score (nSPS) is 11.3. The summed E-state index contributed by atoms with van der Waals surface area (Å²) >= 11 is 6.17. The predicted octanol–water partition coefficient (Wildman–Crippen LogP) is 9.27. The molecule has 0 saturated carbocycles. The number of anilines is 1. The van der Waals surface area contributed by atoms with Gasteiger partial charge in [-0.25, -0.2) is 9.48 Å². The minimum atomic E-state index is -0.880. The Morgan fingerprint density at radius 1 is 0.722 bits per heavy atom. The van der Waals surface area contributed by atoms with Crippen molar-refractivity contribution in [2.24, 2.45) is 0 Å². The Bertz CT molecular complexity index is 2200. The number of hydrogen-bond acceptors (Lipinski definition) is 8. The van der Waals surface area contributed by atoms with Gasteiger partial charge in [0.1, 0.15) is 11.1 Å². The van der Waals surface area contributed by atoms with Gasteiger partial charge in [-0.05, 0) is 63.2 Å². The Labute approximate surface area is 320 Å². The molecule has 0 fully saturated rings. The van der Waals surface area contributed by atoms with E-state index < -0.39 is 11.5 Å². The number of hydrogen-bond donors (Lipinski definition) is 0. The third-order valence-electron chi connectivity index (χ3n) is 9.49. The van der Waals surface area contributed by atoms with Gasteiger partial charge < -0.3 is 9.64 Å². The maximum Gasteiger partial charge on any atom is 0.342 e. The van der Waals surface area contributed by atoms with E-state index in [0.29, 0.717) is 30.3 Å². The Hall–Kier alpha value is -6.19. The van der Waals surface area contributed by atoms with E-state index in [1.165, 1.54) is 6.07 Å². The van der Waals surface area contributed by atoms with Crippen molar-refractivity contribution in [2.75, 3.05) is 18.1 Å². The van der Waals surface area contributed by atoms with Crippen molar-refractivity contribution < 1.29 is 9.53 Å². The molecule has 7 rings (SSSR count). The summed E-state index contributed by atoms with van der Waals surface area (Å²) in [6.07, 6.45) is 1.88. The van der Waals surface area contributed by atoms with Crippen LogP contribution >= 0.6 is 11.6 Å². The van der Waals surface area contributed by atoms with Crippen LogP contribution in [0, 0.1) is 0 Å². The molecule has 0 aliphatic rings. The van der Waals surface area contributed by atoms with Gasteiger partial charge in [-0.1, -0.05) is 164 Å². The molecule has 0 aliphatic heterocycles. The van der Waals surface area contributed by atoms with Crippen LogP contribution in [0.25, 0.3) is 22.5 Å². The highest BCUT2D eigenvalue weighted by Crippen LogP contribution is 2.43. The zero-order valence-corrected chi connectivity index (χ0v) is 31.0. The number of halogens is 1. The Kier molecular flexibility index (Phi) is 11.2. The third kappa shape index (κ3) is 7.23. The molecule has 10 heteroatoms. The second kappa shape index (κ2) is 16.7. The highest BCUT2D eigenvalue weighted by Gasteiger charge is 2.42. The summed E-state index contributed by atoms with van der Waals surface area (Å²) in [6.45, 7) is 5.34. The van der Waals surface area contributed by atoms with Gasteiger partial charge in [0.05, 0.1) is 6.61 Å². The molecule has 0 saturated heterocycles. The van der Waals surface area contributed by atoms with Crippen molar-refractivity contribution in [3.63, 3.8) is 0 Å². The topological polar surface area (TPSA) is 98.9 Å². The van der Waals surface area contributed by atoms with Gasteiger partial charge >= 0.3 is 5.97 Å². The molecule has 0 aliphatic carbocycles. The van der Waals surface area contributed by atoms with Crippen LogP contribution < -0.4 is 4.90 Å². The van der Waals surface area contributed by atoms with Crippen molar-refractivity contribution in [2.45, 2.75) is 38.8 Å². The number of rotatable bonds is 14. The largest absolute Gasteiger partial charge is 0.462 e. The maximum absolute atomic E-state index is 12.9. The second-order valence-corrected chi connectivity index (χ2v) is 13.3. The average molecular weight is 734 g/mol. The van der Waals surface area contributed by atoms with Crippen LogP contribution in [0.3, 0.4) is 0 Å². The lowest BCUT2D eigenvalue weighted by atomic mass is 9.77. The molecule has 270 valence electrons. The van der Waals surface area contributed by atoms with Crippen molar-refractivity contribution in [1.29, 1.82) is 0 Å². The molecule has 9 nitrogen and oxygen atoms in total. The molecular formula is C44H40ClN7O2. The lowest BCUT2D eigenvalue weighted by molar-refractivity contribution is 0.0526. The molecule has 0 unspecified atom stereocenters. The highest BCUT2D eigenvalue weighted by atomic mass is 35.5. The molecular weight excluding hydrogens is 694 g/mol. The van der Waals surface area contributed by atoms with Gasteiger partial charge in [-0.2, -0.15) is 0 Å². The first-order valence-corrected chi connectivity index (χ1v) is 18.5. The Balaban J connectivity index is 1.30. The third-order valence-corrected chi connectivity index (χ3v) is 9.67. The van der Waals surface area contributed by atoms with Crippen LogP contribution in [0.2, 0.25) is 5.15 Å². The molecule has 0 N–H and O–H groups in total. The van der Waals surface area contributed by atoms with E-state index in [0.717, 1.165) is 51.8 Å². The molecule has 5 aromatic carbocycles. The molecule has 0 spiro atoms. The lowest BCUT2D eigenvalue weighted by Gasteiger charge is -2.36. The van der Waals surface area contributed by atoms with Gasteiger partial charge in [0, 0.05) is 18.7 Å². The summed E-state index contributed by atoms with van der Waals surface area (Å²) in [4.78, 5) is 15.0. The predicted molar refractivity (Wildman–Crippen MR) is 212 cm³/mol. The van der Waals surface area contributed by atoms with E-state index in [4.69, 9.17) is 26.6 Å². The number of carbonyl (C=O) groups is 1. The van der Waals surface area contributed by atoms with Crippen molar-refractivity contribution >= 4 is 23.4 Å². The van der Waals surface area contributed by atoms with Gasteiger partial charge in [-0.3, -0.25) is 0 Å². The van der Waals surface area contributed by atoms with Crippen LogP contribution in [0.4, 0.5) is 5.82 Å². The Morgan fingerprint density at radius 2 is 1.30 bits per heavy atom. The first-order chi connectivity index (χ1) is 26.5. The van der Waals surface area contributed by atoms with Crippen LogP contribution in [0.15, 0.2) is 146 Å². The summed E-state index contributed by atoms with van der Waals surface area (Å²) < 4.78 is 7.29. The molecule has 2 aromatic heterocycles.